The van der Waals surface area contributed by atoms with Crippen LogP contribution >= 0.6 is 11.8 Å². The first-order valence-electron chi connectivity index (χ1n) is 12.6. The van der Waals surface area contributed by atoms with E-state index in [2.05, 4.69) is 38.3 Å². The van der Waals surface area contributed by atoms with Crippen molar-refractivity contribution in [3.8, 4) is 0 Å². The summed E-state index contributed by atoms with van der Waals surface area (Å²) in [6.45, 7) is 4.51. The number of thioether (sulfide) groups is 1. The molecule has 0 radical (unpaired) electrons. The van der Waals surface area contributed by atoms with E-state index in [0.717, 1.165) is 23.1 Å². The minimum Gasteiger partial charge on any atom is -0.289 e. The van der Waals surface area contributed by atoms with Crippen molar-refractivity contribution >= 4 is 23.6 Å². The van der Waals surface area contributed by atoms with Gasteiger partial charge in [0, 0.05) is 16.4 Å². The summed E-state index contributed by atoms with van der Waals surface area (Å²) in [5.74, 6) is 0.443. The lowest BCUT2D eigenvalue weighted by Crippen LogP contribution is -2.23. The number of allylic oxidation sites excluding steroid dienone is 1. The Kier molecular flexibility index (Phi) is 13.2. The first kappa shape index (κ1) is 26.5. The van der Waals surface area contributed by atoms with Gasteiger partial charge in [-0.2, -0.15) is 11.8 Å². The molecule has 0 aliphatic heterocycles. The Labute approximate surface area is 201 Å². The van der Waals surface area contributed by atoms with Crippen LogP contribution in [0, 0.1) is 5.92 Å². The molecule has 2 rings (SSSR count). The zero-order chi connectivity index (χ0) is 23.0. The van der Waals surface area contributed by atoms with Crippen molar-refractivity contribution in [2.24, 2.45) is 5.92 Å². The molecule has 0 saturated carbocycles. The molecule has 0 bridgehead atoms. The van der Waals surface area contributed by atoms with E-state index < -0.39 is 0 Å². The van der Waals surface area contributed by atoms with Gasteiger partial charge in [-0.3, -0.25) is 4.79 Å². The van der Waals surface area contributed by atoms with Gasteiger partial charge in [0.05, 0.1) is 0 Å². The predicted octanol–water partition coefficient (Wildman–Crippen LogP) is 9.24. The van der Waals surface area contributed by atoms with E-state index in [1.807, 2.05) is 60.3 Å². The molecule has 2 unspecified atom stereocenters. The van der Waals surface area contributed by atoms with Crippen LogP contribution in [0.5, 0.6) is 0 Å². The summed E-state index contributed by atoms with van der Waals surface area (Å²) in [6.07, 6.45) is 17.3. The third-order valence-corrected chi connectivity index (χ3v) is 7.52. The molecule has 0 heterocycles. The van der Waals surface area contributed by atoms with E-state index in [9.17, 15) is 4.79 Å². The van der Waals surface area contributed by atoms with Crippen LogP contribution in [-0.2, 0) is 0 Å². The van der Waals surface area contributed by atoms with Crippen molar-refractivity contribution in [1.82, 2.24) is 0 Å². The van der Waals surface area contributed by atoms with Crippen LogP contribution in [0.3, 0.4) is 0 Å². The van der Waals surface area contributed by atoms with Crippen LogP contribution in [0.2, 0.25) is 0 Å². The van der Waals surface area contributed by atoms with E-state index in [4.69, 9.17) is 0 Å². The maximum Gasteiger partial charge on any atom is 0.189 e. The summed E-state index contributed by atoms with van der Waals surface area (Å²) in [7, 11) is 0. The quantitative estimate of drug-likeness (QED) is 0.144. The first-order chi connectivity index (χ1) is 15.7. The van der Waals surface area contributed by atoms with E-state index in [-0.39, 0.29) is 11.7 Å². The molecule has 0 aromatic heterocycles. The fraction of sp³-hybridized carbons (Fsp3) is 0.500. The summed E-state index contributed by atoms with van der Waals surface area (Å²) in [5.41, 5.74) is 2.86. The molecular weight excluding hydrogens is 408 g/mol. The fourth-order valence-electron chi connectivity index (χ4n) is 4.47. The zero-order valence-electron chi connectivity index (χ0n) is 20.4. The Morgan fingerprint density at radius 3 is 1.94 bits per heavy atom. The molecule has 174 valence electrons. The monoisotopic (exact) mass is 450 g/mol. The maximum atomic E-state index is 13.6. The van der Waals surface area contributed by atoms with Gasteiger partial charge in [-0.1, -0.05) is 126 Å². The van der Waals surface area contributed by atoms with Gasteiger partial charge in [-0.25, -0.2) is 0 Å². The molecule has 0 spiro atoms. The molecule has 0 fully saturated rings. The number of unbranched alkanes of at least 4 members (excludes halogenated alkanes) is 7. The molecule has 2 aromatic carbocycles. The van der Waals surface area contributed by atoms with Crippen LogP contribution in [-0.4, -0.2) is 17.3 Å². The molecular formula is C30H42OS. The smallest absolute Gasteiger partial charge is 0.189 e. The largest absolute Gasteiger partial charge is 0.289 e. The zero-order valence-corrected chi connectivity index (χ0v) is 21.2. The molecule has 2 aromatic rings. The highest BCUT2D eigenvalue weighted by Gasteiger charge is 2.27. The minimum absolute atomic E-state index is 0.177. The number of benzene rings is 2. The van der Waals surface area contributed by atoms with Crippen LogP contribution < -0.4 is 0 Å². The number of hydrogen-bond acceptors (Lipinski definition) is 2. The van der Waals surface area contributed by atoms with E-state index in [1.54, 1.807) is 0 Å². The van der Waals surface area contributed by atoms with Gasteiger partial charge in [0.1, 0.15) is 0 Å². The van der Waals surface area contributed by atoms with Crippen molar-refractivity contribution in [1.29, 1.82) is 0 Å². The van der Waals surface area contributed by atoms with Crippen LogP contribution in [0.1, 0.15) is 94.0 Å². The van der Waals surface area contributed by atoms with E-state index in [1.165, 1.54) is 57.8 Å². The molecule has 0 N–H and O–H groups in total. The van der Waals surface area contributed by atoms with Crippen LogP contribution in [0.25, 0.3) is 6.08 Å². The number of rotatable bonds is 16. The average molecular weight is 451 g/mol. The molecule has 2 heteroatoms. The molecule has 1 nitrogen and oxygen atoms in total. The summed E-state index contributed by atoms with van der Waals surface area (Å²) >= 11 is 1.94. The van der Waals surface area contributed by atoms with Gasteiger partial charge in [-0.05, 0) is 36.7 Å². The third kappa shape index (κ3) is 8.98. The number of carbonyl (C=O) groups excluding carboxylic acids is 1. The van der Waals surface area contributed by atoms with Crippen molar-refractivity contribution in [3.63, 3.8) is 0 Å². The Bertz CT molecular complexity index is 781. The second-order valence-corrected chi connectivity index (χ2v) is 9.83. The third-order valence-electron chi connectivity index (χ3n) is 6.35. The first-order valence-corrected chi connectivity index (χ1v) is 13.9. The highest BCUT2D eigenvalue weighted by atomic mass is 32.2. The summed E-state index contributed by atoms with van der Waals surface area (Å²) < 4.78 is 0. The van der Waals surface area contributed by atoms with Gasteiger partial charge in [0.2, 0.25) is 0 Å². The number of ketones is 1. The van der Waals surface area contributed by atoms with Crippen LogP contribution in [0.15, 0.2) is 66.2 Å². The van der Waals surface area contributed by atoms with Gasteiger partial charge in [0.25, 0.3) is 0 Å². The summed E-state index contributed by atoms with van der Waals surface area (Å²) in [5, 5.41) is 0.475. The average Bonchev–Trinajstić information content (AvgIpc) is 2.84. The van der Waals surface area contributed by atoms with Crippen LogP contribution in [0.4, 0.5) is 0 Å². The second kappa shape index (κ2) is 15.9. The standard InChI is InChI=1S/C30H42OS/c1-4-6-7-8-9-10-11-18-23-29(32-3)27(5-2)28(24-25-19-14-12-15-20-25)30(31)26-21-16-13-17-22-26/h12-17,19-22,24,27,29H,4-11,18,23H2,1-3H3. The Morgan fingerprint density at radius 1 is 0.812 bits per heavy atom. The lowest BCUT2D eigenvalue weighted by Gasteiger charge is -2.27. The number of hydrogen-bond donors (Lipinski definition) is 0. The minimum atomic E-state index is 0.177. The highest BCUT2D eigenvalue weighted by Crippen LogP contribution is 2.34. The fourth-order valence-corrected chi connectivity index (χ4v) is 5.54. The Balaban J connectivity index is 2.10. The SMILES string of the molecule is CCCCCCCCCCC(SC)C(CC)C(=Cc1ccccc1)C(=O)c1ccccc1. The van der Waals surface area contributed by atoms with Gasteiger partial charge in [-0.15, -0.1) is 0 Å². The molecule has 32 heavy (non-hydrogen) atoms. The van der Waals surface area contributed by atoms with E-state index in [0.29, 0.717) is 5.25 Å². The topological polar surface area (TPSA) is 17.1 Å². The molecule has 0 aliphatic carbocycles. The number of carbonyl (C=O) groups is 1. The maximum absolute atomic E-state index is 13.6. The van der Waals surface area contributed by atoms with Gasteiger partial charge < -0.3 is 0 Å². The van der Waals surface area contributed by atoms with Gasteiger partial charge >= 0.3 is 0 Å². The molecule has 0 amide bonds. The normalized spacial score (nSPS) is 13.7. The lowest BCUT2D eigenvalue weighted by molar-refractivity contribution is 0.102. The van der Waals surface area contributed by atoms with E-state index >= 15 is 0 Å². The molecule has 0 aliphatic rings. The van der Waals surface area contributed by atoms with Crippen molar-refractivity contribution in [3.05, 3.63) is 77.4 Å². The second-order valence-electron chi connectivity index (χ2n) is 8.76. The lowest BCUT2D eigenvalue weighted by atomic mass is 9.84. The van der Waals surface area contributed by atoms with Crippen molar-refractivity contribution in [2.75, 3.05) is 6.26 Å². The Hall–Kier alpha value is -1.80. The van der Waals surface area contributed by atoms with Crippen molar-refractivity contribution in [2.45, 2.75) is 83.3 Å². The summed E-state index contributed by atoms with van der Waals surface area (Å²) in [6, 6.07) is 20.1. The molecule has 2 atom stereocenters. The summed E-state index contributed by atoms with van der Waals surface area (Å²) in [4.78, 5) is 13.6. The van der Waals surface area contributed by atoms with Gasteiger partial charge in [0.15, 0.2) is 5.78 Å². The highest BCUT2D eigenvalue weighted by molar-refractivity contribution is 7.99. The Morgan fingerprint density at radius 2 is 1.38 bits per heavy atom. The number of Topliss-reactive ketones (excluding diaryl/α,β-unsaturated/α-hetero) is 1. The van der Waals surface area contributed by atoms with Crippen molar-refractivity contribution < 1.29 is 4.79 Å². The predicted molar refractivity (Wildman–Crippen MR) is 144 cm³/mol. The molecule has 0 saturated heterocycles.